The number of hydrogen-bond donors (Lipinski definition) is 3. The molecule has 0 saturated heterocycles. The monoisotopic (exact) mass is 283 g/mol. The molecule has 19 heavy (non-hydrogen) atoms. The lowest BCUT2D eigenvalue weighted by atomic mass is 10.2. The molecule has 1 heterocycles. The molecule has 0 aliphatic carbocycles. The van der Waals surface area contributed by atoms with E-state index in [0.29, 0.717) is 24.5 Å². The predicted molar refractivity (Wildman–Crippen MR) is 68.7 cm³/mol. The first kappa shape index (κ1) is 13.3. The van der Waals surface area contributed by atoms with E-state index in [9.17, 15) is 8.42 Å². The summed E-state index contributed by atoms with van der Waals surface area (Å²) < 4.78 is 27.2. The molecule has 0 saturated carbocycles. The van der Waals surface area contributed by atoms with Crippen LogP contribution in [0.5, 0.6) is 0 Å². The van der Waals surface area contributed by atoms with Gasteiger partial charge in [0.1, 0.15) is 4.90 Å². The van der Waals surface area contributed by atoms with Crippen molar-refractivity contribution in [3.8, 4) is 0 Å². The number of nitrogens with two attached hydrogens (primary N) is 2. The summed E-state index contributed by atoms with van der Waals surface area (Å²) >= 11 is 0. The van der Waals surface area contributed by atoms with Crippen LogP contribution in [0.2, 0.25) is 0 Å². The second kappa shape index (κ2) is 5.24. The summed E-state index contributed by atoms with van der Waals surface area (Å²) in [7, 11) is -3.83. The molecule has 5 N–H and O–H groups in total. The molecule has 2 rings (SSSR count). The van der Waals surface area contributed by atoms with Crippen LogP contribution in [-0.2, 0) is 16.4 Å². The molecule has 0 fully saturated rings. The van der Waals surface area contributed by atoms with Crippen molar-refractivity contribution in [3.05, 3.63) is 30.4 Å². The summed E-state index contributed by atoms with van der Waals surface area (Å²) in [6.07, 6.45) is 1.76. The Hall–Kier alpha value is -2.13. The molecule has 9 heteroatoms. The molecule has 0 radical (unpaired) electrons. The normalized spacial score (nSPS) is 11.4. The minimum Gasteiger partial charge on any atom is -0.396 e. The molecule has 102 valence electrons. The van der Waals surface area contributed by atoms with Gasteiger partial charge in [0.05, 0.1) is 11.4 Å². The Morgan fingerprint density at radius 1 is 1.37 bits per heavy atom. The van der Waals surface area contributed by atoms with Gasteiger partial charge in [0.25, 0.3) is 0 Å². The lowest BCUT2D eigenvalue weighted by Gasteiger charge is -2.11. The maximum atomic E-state index is 11.3. The molecule has 0 spiro atoms. The van der Waals surface area contributed by atoms with E-state index in [-0.39, 0.29) is 10.6 Å². The Balaban J connectivity index is 2.09. The van der Waals surface area contributed by atoms with Crippen molar-refractivity contribution in [2.45, 2.75) is 11.3 Å². The number of hydrogen-bond acceptors (Lipinski definition) is 7. The number of sulfonamides is 1. The molecule has 0 aliphatic heterocycles. The standard InChI is InChI=1S/C10H13N5O3S/c11-10-7(2-1-3-8(10)19(12,16)17)13-5-4-9-14-6-18-15-9/h1-3,6,13H,4-5,11H2,(H2,12,16,17). The third kappa shape index (κ3) is 3.20. The molecule has 1 aromatic carbocycles. The SMILES string of the molecule is Nc1c(NCCc2ncon2)cccc1S(N)(=O)=O. The van der Waals surface area contributed by atoms with Gasteiger partial charge in [-0.2, -0.15) is 4.98 Å². The minimum absolute atomic E-state index is 0.0955. The van der Waals surface area contributed by atoms with Crippen LogP contribution in [0, 0.1) is 0 Å². The maximum absolute atomic E-state index is 11.3. The minimum atomic E-state index is -3.83. The maximum Gasteiger partial charge on any atom is 0.240 e. The zero-order valence-electron chi connectivity index (χ0n) is 9.91. The number of anilines is 2. The van der Waals surface area contributed by atoms with Crippen molar-refractivity contribution in [2.75, 3.05) is 17.6 Å². The van der Waals surface area contributed by atoms with Crippen LogP contribution >= 0.6 is 0 Å². The number of nitrogen functional groups attached to an aromatic ring is 1. The van der Waals surface area contributed by atoms with Crippen molar-refractivity contribution in [1.82, 2.24) is 10.1 Å². The Labute approximate surface area is 109 Å². The Morgan fingerprint density at radius 3 is 2.79 bits per heavy atom. The molecular formula is C10H13N5O3S. The number of primary sulfonamides is 1. The van der Waals surface area contributed by atoms with Crippen LogP contribution in [0.4, 0.5) is 11.4 Å². The van der Waals surface area contributed by atoms with E-state index in [1.165, 1.54) is 12.5 Å². The van der Waals surface area contributed by atoms with E-state index >= 15 is 0 Å². The van der Waals surface area contributed by atoms with Crippen LogP contribution in [0.25, 0.3) is 0 Å². The fourth-order valence-electron chi connectivity index (χ4n) is 1.56. The van der Waals surface area contributed by atoms with Gasteiger partial charge in [-0.1, -0.05) is 11.2 Å². The quantitative estimate of drug-likeness (QED) is 0.654. The molecule has 0 atom stereocenters. The summed E-state index contributed by atoms with van der Waals surface area (Å²) in [4.78, 5) is 3.76. The predicted octanol–water partition coefficient (Wildman–Crippen LogP) is -0.0462. The topological polar surface area (TPSA) is 137 Å². The van der Waals surface area contributed by atoms with Gasteiger partial charge >= 0.3 is 0 Å². The second-order valence-corrected chi connectivity index (χ2v) is 5.32. The molecule has 2 aromatic rings. The average Bonchev–Trinajstić information content (AvgIpc) is 2.83. The van der Waals surface area contributed by atoms with Gasteiger partial charge in [0.2, 0.25) is 16.4 Å². The van der Waals surface area contributed by atoms with Gasteiger partial charge < -0.3 is 15.6 Å². The van der Waals surface area contributed by atoms with Gasteiger partial charge in [0.15, 0.2) is 5.82 Å². The van der Waals surface area contributed by atoms with E-state index in [1.54, 1.807) is 12.1 Å². The van der Waals surface area contributed by atoms with E-state index in [0.717, 1.165) is 0 Å². The molecule has 8 nitrogen and oxygen atoms in total. The van der Waals surface area contributed by atoms with Crippen molar-refractivity contribution < 1.29 is 12.9 Å². The number of nitrogens with one attached hydrogen (secondary N) is 1. The van der Waals surface area contributed by atoms with E-state index in [4.69, 9.17) is 10.9 Å². The molecule has 0 amide bonds. The van der Waals surface area contributed by atoms with Crippen molar-refractivity contribution in [1.29, 1.82) is 0 Å². The zero-order chi connectivity index (χ0) is 13.9. The smallest absolute Gasteiger partial charge is 0.240 e. The highest BCUT2D eigenvalue weighted by molar-refractivity contribution is 7.89. The van der Waals surface area contributed by atoms with E-state index in [2.05, 4.69) is 20.0 Å². The fraction of sp³-hybridized carbons (Fsp3) is 0.200. The first-order chi connectivity index (χ1) is 8.98. The van der Waals surface area contributed by atoms with Crippen LogP contribution in [0.3, 0.4) is 0 Å². The third-order valence-electron chi connectivity index (χ3n) is 2.44. The van der Waals surface area contributed by atoms with Crippen molar-refractivity contribution >= 4 is 21.4 Å². The third-order valence-corrected chi connectivity index (χ3v) is 3.41. The largest absolute Gasteiger partial charge is 0.396 e. The Morgan fingerprint density at radius 2 is 2.16 bits per heavy atom. The summed E-state index contributed by atoms with van der Waals surface area (Å²) in [6, 6.07) is 4.59. The van der Waals surface area contributed by atoms with Crippen molar-refractivity contribution in [2.24, 2.45) is 5.14 Å². The van der Waals surface area contributed by atoms with Crippen LogP contribution in [0.15, 0.2) is 34.0 Å². The van der Waals surface area contributed by atoms with Gasteiger partial charge in [0, 0.05) is 13.0 Å². The number of para-hydroxylation sites is 1. The lowest BCUT2D eigenvalue weighted by molar-refractivity contribution is 0.410. The molecule has 0 bridgehead atoms. The number of rotatable bonds is 5. The number of benzene rings is 1. The summed E-state index contributed by atoms with van der Waals surface area (Å²) in [5.41, 5.74) is 6.35. The fourth-order valence-corrected chi connectivity index (χ4v) is 2.24. The second-order valence-electron chi connectivity index (χ2n) is 3.79. The van der Waals surface area contributed by atoms with Gasteiger partial charge in [-0.05, 0) is 12.1 Å². The summed E-state index contributed by atoms with van der Waals surface area (Å²) in [6.45, 7) is 0.484. The first-order valence-electron chi connectivity index (χ1n) is 5.39. The van der Waals surface area contributed by atoms with Gasteiger partial charge in [-0.25, -0.2) is 13.6 Å². The highest BCUT2D eigenvalue weighted by Gasteiger charge is 2.14. The highest BCUT2D eigenvalue weighted by Crippen LogP contribution is 2.25. The lowest BCUT2D eigenvalue weighted by Crippen LogP contribution is -2.16. The summed E-state index contributed by atoms with van der Waals surface area (Å²) in [5.74, 6) is 0.550. The highest BCUT2D eigenvalue weighted by atomic mass is 32.2. The van der Waals surface area contributed by atoms with E-state index < -0.39 is 10.0 Å². The van der Waals surface area contributed by atoms with Gasteiger partial charge in [-0.3, -0.25) is 0 Å². The van der Waals surface area contributed by atoms with Crippen molar-refractivity contribution in [3.63, 3.8) is 0 Å². The van der Waals surface area contributed by atoms with Crippen LogP contribution in [-0.4, -0.2) is 25.1 Å². The number of nitrogens with zero attached hydrogens (tertiary/aromatic N) is 2. The first-order valence-corrected chi connectivity index (χ1v) is 6.93. The van der Waals surface area contributed by atoms with E-state index in [1.807, 2.05) is 0 Å². The van der Waals surface area contributed by atoms with Crippen LogP contribution in [0.1, 0.15) is 5.82 Å². The summed E-state index contributed by atoms with van der Waals surface area (Å²) in [5, 5.41) is 11.7. The molecular weight excluding hydrogens is 270 g/mol. The van der Waals surface area contributed by atoms with Gasteiger partial charge in [-0.15, -0.1) is 0 Å². The number of aromatic nitrogens is 2. The molecule has 1 aromatic heterocycles. The zero-order valence-corrected chi connectivity index (χ0v) is 10.7. The Bertz CT molecular complexity index is 654. The average molecular weight is 283 g/mol. The molecule has 0 unspecified atom stereocenters. The molecule has 0 aliphatic rings. The van der Waals surface area contributed by atoms with Crippen LogP contribution < -0.4 is 16.2 Å². The Kier molecular flexibility index (Phi) is 3.67.